The number of amides is 1. The van der Waals surface area contributed by atoms with Gasteiger partial charge >= 0.3 is 5.97 Å². The molecule has 0 bridgehead atoms. The van der Waals surface area contributed by atoms with E-state index in [0.29, 0.717) is 11.3 Å². The molecule has 0 saturated carbocycles. The number of nitrogens with one attached hydrogen (secondary N) is 1. The molecule has 1 amide bonds. The fourth-order valence-electron chi connectivity index (χ4n) is 2.37. The molecule has 0 aliphatic rings. The standard InChI is InChI=1S/C21H23NO4/c1-14(23)16-10-12-18(13-11-16)22-19(24)15(2)26-20(25)21(3,4)17-8-6-5-7-9-17/h5-13,15H,1-4H3,(H,22,24)/t15-/m0/s1. The zero-order chi connectivity index (χ0) is 19.3. The van der Waals surface area contributed by atoms with Gasteiger partial charge in [0.05, 0.1) is 5.41 Å². The van der Waals surface area contributed by atoms with E-state index in [4.69, 9.17) is 4.74 Å². The molecule has 2 aromatic rings. The molecule has 0 aliphatic heterocycles. The summed E-state index contributed by atoms with van der Waals surface area (Å²) in [5.41, 5.74) is 1.05. The van der Waals surface area contributed by atoms with Gasteiger partial charge in [0.2, 0.25) is 0 Å². The largest absolute Gasteiger partial charge is 0.452 e. The predicted molar refractivity (Wildman–Crippen MR) is 100 cm³/mol. The van der Waals surface area contributed by atoms with E-state index >= 15 is 0 Å². The van der Waals surface area contributed by atoms with Crippen molar-refractivity contribution in [3.05, 3.63) is 65.7 Å². The molecule has 1 atom stereocenters. The molecule has 0 fully saturated rings. The second-order valence-corrected chi connectivity index (χ2v) is 6.66. The Kier molecular flexibility index (Phi) is 5.93. The molecular formula is C21H23NO4. The minimum atomic E-state index is -0.946. The number of carbonyl (C=O) groups is 3. The lowest BCUT2D eigenvalue weighted by Crippen LogP contribution is -2.37. The third-order valence-corrected chi connectivity index (χ3v) is 4.22. The highest BCUT2D eigenvalue weighted by atomic mass is 16.5. The van der Waals surface area contributed by atoms with Gasteiger partial charge in [-0.15, -0.1) is 0 Å². The van der Waals surface area contributed by atoms with Crippen LogP contribution in [0.4, 0.5) is 5.69 Å². The Balaban J connectivity index is 2.00. The fourth-order valence-corrected chi connectivity index (χ4v) is 2.37. The predicted octanol–water partition coefficient (Wildman–Crippen LogP) is 3.74. The van der Waals surface area contributed by atoms with Crippen molar-refractivity contribution in [2.45, 2.75) is 39.2 Å². The number of benzene rings is 2. The minimum absolute atomic E-state index is 0.0479. The van der Waals surface area contributed by atoms with Crippen molar-refractivity contribution in [1.29, 1.82) is 0 Å². The zero-order valence-electron chi connectivity index (χ0n) is 15.4. The van der Waals surface area contributed by atoms with Gasteiger partial charge in [-0.25, -0.2) is 0 Å². The van der Waals surface area contributed by atoms with Gasteiger partial charge in [-0.1, -0.05) is 30.3 Å². The number of rotatable bonds is 6. The fraction of sp³-hybridized carbons (Fsp3) is 0.286. The molecular weight excluding hydrogens is 330 g/mol. The van der Waals surface area contributed by atoms with Gasteiger partial charge in [0.15, 0.2) is 11.9 Å². The lowest BCUT2D eigenvalue weighted by Gasteiger charge is -2.25. The van der Waals surface area contributed by atoms with Crippen LogP contribution < -0.4 is 5.32 Å². The van der Waals surface area contributed by atoms with Gasteiger partial charge in [-0.2, -0.15) is 0 Å². The summed E-state index contributed by atoms with van der Waals surface area (Å²) in [6.07, 6.45) is -0.946. The Bertz CT molecular complexity index is 795. The Morgan fingerprint density at radius 1 is 0.962 bits per heavy atom. The third-order valence-electron chi connectivity index (χ3n) is 4.22. The van der Waals surface area contributed by atoms with Crippen LogP contribution in [0, 0.1) is 0 Å². The Morgan fingerprint density at radius 2 is 1.54 bits per heavy atom. The first-order valence-corrected chi connectivity index (χ1v) is 8.40. The van der Waals surface area contributed by atoms with Crippen LogP contribution in [0.2, 0.25) is 0 Å². The van der Waals surface area contributed by atoms with Gasteiger partial charge in [0.25, 0.3) is 5.91 Å². The highest BCUT2D eigenvalue weighted by molar-refractivity contribution is 5.97. The van der Waals surface area contributed by atoms with Gasteiger partial charge in [-0.3, -0.25) is 14.4 Å². The highest BCUT2D eigenvalue weighted by Crippen LogP contribution is 2.25. The van der Waals surface area contributed by atoms with Gasteiger partial charge in [0, 0.05) is 11.3 Å². The molecule has 0 heterocycles. The maximum Gasteiger partial charge on any atom is 0.316 e. The number of hydrogen-bond acceptors (Lipinski definition) is 4. The smallest absolute Gasteiger partial charge is 0.316 e. The molecule has 0 radical (unpaired) electrons. The summed E-state index contributed by atoms with van der Waals surface area (Å²) in [6, 6.07) is 15.8. The van der Waals surface area contributed by atoms with Gasteiger partial charge < -0.3 is 10.1 Å². The summed E-state index contributed by atoms with van der Waals surface area (Å²) in [7, 11) is 0. The maximum absolute atomic E-state index is 12.5. The molecule has 0 saturated heterocycles. The molecule has 5 nitrogen and oxygen atoms in total. The molecule has 2 rings (SSSR count). The summed E-state index contributed by atoms with van der Waals surface area (Å²) >= 11 is 0. The van der Waals surface area contributed by atoms with Crippen LogP contribution in [0.25, 0.3) is 0 Å². The molecule has 136 valence electrons. The van der Waals surface area contributed by atoms with E-state index in [0.717, 1.165) is 5.56 Å². The van der Waals surface area contributed by atoms with Crippen molar-refractivity contribution >= 4 is 23.3 Å². The van der Waals surface area contributed by atoms with Gasteiger partial charge in [-0.05, 0) is 57.5 Å². The topological polar surface area (TPSA) is 72.5 Å². The van der Waals surface area contributed by atoms with Crippen LogP contribution in [-0.4, -0.2) is 23.8 Å². The third kappa shape index (κ3) is 4.57. The van der Waals surface area contributed by atoms with E-state index in [1.807, 2.05) is 30.3 Å². The Labute approximate surface area is 153 Å². The highest BCUT2D eigenvalue weighted by Gasteiger charge is 2.33. The number of ether oxygens (including phenoxy) is 1. The van der Waals surface area contributed by atoms with Crippen molar-refractivity contribution in [2.24, 2.45) is 0 Å². The van der Waals surface area contributed by atoms with Crippen LogP contribution in [0.5, 0.6) is 0 Å². The molecule has 2 aromatic carbocycles. The number of anilines is 1. The molecule has 26 heavy (non-hydrogen) atoms. The van der Waals surface area contributed by atoms with Crippen LogP contribution in [0.1, 0.15) is 43.6 Å². The first-order valence-electron chi connectivity index (χ1n) is 8.40. The summed E-state index contributed by atoms with van der Waals surface area (Å²) in [5.74, 6) is -0.954. The second kappa shape index (κ2) is 7.95. The molecule has 1 N–H and O–H groups in total. The molecule has 0 spiro atoms. The molecule has 0 aromatic heterocycles. The first-order chi connectivity index (χ1) is 12.2. The van der Waals surface area contributed by atoms with Crippen molar-refractivity contribution < 1.29 is 19.1 Å². The minimum Gasteiger partial charge on any atom is -0.452 e. The van der Waals surface area contributed by atoms with Crippen molar-refractivity contribution in [3.63, 3.8) is 0 Å². The average molecular weight is 353 g/mol. The van der Waals surface area contributed by atoms with E-state index in [-0.39, 0.29) is 5.78 Å². The first kappa shape index (κ1) is 19.4. The van der Waals surface area contributed by atoms with Crippen molar-refractivity contribution in [2.75, 3.05) is 5.32 Å². The monoisotopic (exact) mass is 353 g/mol. The SMILES string of the molecule is CC(=O)c1ccc(NC(=O)[C@H](C)OC(=O)C(C)(C)c2ccccc2)cc1. The number of ketones is 1. The van der Waals surface area contributed by atoms with E-state index in [1.165, 1.54) is 13.8 Å². The number of hydrogen-bond donors (Lipinski definition) is 1. The molecule has 5 heteroatoms. The number of esters is 1. The van der Waals surface area contributed by atoms with Crippen molar-refractivity contribution in [1.82, 2.24) is 0 Å². The number of carbonyl (C=O) groups excluding carboxylic acids is 3. The quantitative estimate of drug-likeness (QED) is 0.634. The second-order valence-electron chi connectivity index (χ2n) is 6.66. The van der Waals surface area contributed by atoms with Crippen LogP contribution in [-0.2, 0) is 19.7 Å². The van der Waals surface area contributed by atoms with Gasteiger partial charge in [0.1, 0.15) is 0 Å². The van der Waals surface area contributed by atoms with Crippen LogP contribution >= 0.6 is 0 Å². The van der Waals surface area contributed by atoms with Crippen molar-refractivity contribution in [3.8, 4) is 0 Å². The summed E-state index contributed by atoms with van der Waals surface area (Å²) in [5, 5.41) is 2.68. The number of Topliss-reactive ketones (excluding diaryl/α,β-unsaturated/α-hetero) is 1. The van der Waals surface area contributed by atoms with Crippen LogP contribution in [0.3, 0.4) is 0 Å². The normalized spacial score (nSPS) is 12.2. The maximum atomic E-state index is 12.5. The lowest BCUT2D eigenvalue weighted by atomic mass is 9.85. The molecule has 0 aliphatic carbocycles. The molecule has 0 unspecified atom stereocenters. The van der Waals surface area contributed by atoms with Crippen LogP contribution in [0.15, 0.2) is 54.6 Å². The van der Waals surface area contributed by atoms with E-state index in [2.05, 4.69) is 5.32 Å². The Morgan fingerprint density at radius 3 is 2.08 bits per heavy atom. The van der Waals surface area contributed by atoms with E-state index in [1.54, 1.807) is 38.1 Å². The van der Waals surface area contributed by atoms with E-state index < -0.39 is 23.4 Å². The van der Waals surface area contributed by atoms with E-state index in [9.17, 15) is 14.4 Å². The summed E-state index contributed by atoms with van der Waals surface area (Å²) in [4.78, 5) is 36.1. The zero-order valence-corrected chi connectivity index (χ0v) is 15.4. The average Bonchev–Trinajstić information content (AvgIpc) is 2.62. The Hall–Kier alpha value is -2.95. The summed E-state index contributed by atoms with van der Waals surface area (Å²) in [6.45, 7) is 6.52. The lowest BCUT2D eigenvalue weighted by molar-refractivity contribution is -0.158. The summed E-state index contributed by atoms with van der Waals surface area (Å²) < 4.78 is 5.36.